The van der Waals surface area contributed by atoms with Crippen LogP contribution in [0.4, 0.5) is 5.82 Å². The normalized spacial score (nSPS) is 8.64. The van der Waals surface area contributed by atoms with Crippen LogP contribution in [0.2, 0.25) is 0 Å². The first-order valence-electron chi connectivity index (χ1n) is 2.91. The fraction of sp³-hybridized carbons (Fsp3) is 0. The summed E-state index contributed by atoms with van der Waals surface area (Å²) in [4.78, 5) is 3.60. The van der Waals surface area contributed by atoms with Crippen LogP contribution in [0.3, 0.4) is 0 Å². The molecule has 0 aromatic carbocycles. The number of H-pyrrole nitrogens is 1. The van der Waals surface area contributed by atoms with Crippen molar-refractivity contribution in [3.05, 3.63) is 17.8 Å². The van der Waals surface area contributed by atoms with Gasteiger partial charge in [-0.2, -0.15) is 10.4 Å². The van der Waals surface area contributed by atoms with Crippen molar-refractivity contribution in [2.75, 3.05) is 0 Å². The summed E-state index contributed by atoms with van der Waals surface area (Å²) in [6, 6.07) is 1.92. The number of aromatic nitrogens is 2. The monoisotopic (exact) mass is 146 g/mol. The third kappa shape index (κ3) is 1.03. The van der Waals surface area contributed by atoms with Crippen LogP contribution in [0.5, 0.6) is 0 Å². The van der Waals surface area contributed by atoms with Crippen molar-refractivity contribution >= 4 is 18.6 Å². The van der Waals surface area contributed by atoms with Gasteiger partial charge in [-0.05, 0) is 6.72 Å². The van der Waals surface area contributed by atoms with E-state index in [0.717, 1.165) is 0 Å². The highest BCUT2D eigenvalue weighted by molar-refractivity contribution is 5.65. The molecule has 1 heterocycles. The number of nitrogens with one attached hydrogen (secondary N) is 1. The van der Waals surface area contributed by atoms with Crippen LogP contribution in [-0.2, 0) is 0 Å². The Balaban J connectivity index is 3.33. The van der Waals surface area contributed by atoms with Gasteiger partial charge in [-0.1, -0.05) is 12.7 Å². The molecule has 4 heteroatoms. The van der Waals surface area contributed by atoms with E-state index in [1.54, 1.807) is 0 Å². The molecule has 0 unspecified atom stereocenters. The molecule has 1 rings (SSSR count). The molecule has 0 aliphatic carbocycles. The lowest BCUT2D eigenvalue weighted by Gasteiger charge is -1.85. The predicted octanol–water partition coefficient (Wildman–Crippen LogP) is 1.26. The van der Waals surface area contributed by atoms with Gasteiger partial charge in [0.2, 0.25) is 0 Å². The van der Waals surface area contributed by atoms with E-state index in [2.05, 4.69) is 28.5 Å². The first-order chi connectivity index (χ1) is 5.33. The van der Waals surface area contributed by atoms with Crippen molar-refractivity contribution in [3.8, 4) is 6.07 Å². The minimum Gasteiger partial charge on any atom is -0.265 e. The molecule has 11 heavy (non-hydrogen) atoms. The van der Waals surface area contributed by atoms with Gasteiger partial charge in [0.1, 0.15) is 11.8 Å². The van der Waals surface area contributed by atoms with Gasteiger partial charge < -0.3 is 0 Å². The summed E-state index contributed by atoms with van der Waals surface area (Å²) in [5, 5.41) is 14.8. The first-order valence-corrected chi connectivity index (χ1v) is 2.91. The fourth-order valence-electron chi connectivity index (χ4n) is 0.740. The Morgan fingerprint density at radius 2 is 2.45 bits per heavy atom. The molecule has 0 atom stereocenters. The molecule has 0 bridgehead atoms. The summed E-state index contributed by atoms with van der Waals surface area (Å²) in [7, 11) is 0. The summed E-state index contributed by atoms with van der Waals surface area (Å²) < 4.78 is 0. The molecule has 0 aliphatic rings. The van der Waals surface area contributed by atoms with Crippen LogP contribution in [-0.4, -0.2) is 16.9 Å². The maximum Gasteiger partial charge on any atom is 0.181 e. The molecule has 0 saturated carbocycles. The number of rotatable bonds is 2. The Morgan fingerprint density at radius 1 is 1.73 bits per heavy atom. The predicted molar refractivity (Wildman–Crippen MR) is 42.6 cm³/mol. The molecule has 54 valence electrons. The molecule has 0 amide bonds. The van der Waals surface area contributed by atoms with Gasteiger partial charge in [0, 0.05) is 0 Å². The standard InChI is InChI=1S/C7H6N4/c1-3-5-6(4-8)10-11-7(5)9-2/h3H,1-2H2,(H,10,11). The zero-order valence-electron chi connectivity index (χ0n) is 5.83. The van der Waals surface area contributed by atoms with Crippen LogP contribution in [0.1, 0.15) is 11.3 Å². The Bertz CT molecular complexity index is 329. The Kier molecular flexibility index (Phi) is 1.83. The topological polar surface area (TPSA) is 64.8 Å². The van der Waals surface area contributed by atoms with Crippen LogP contribution < -0.4 is 0 Å². The second-order valence-electron chi connectivity index (χ2n) is 1.81. The van der Waals surface area contributed by atoms with Gasteiger partial charge in [-0.25, -0.2) is 4.99 Å². The summed E-state index contributed by atoms with van der Waals surface area (Å²) in [5.41, 5.74) is 0.963. The highest BCUT2D eigenvalue weighted by atomic mass is 15.2. The maximum absolute atomic E-state index is 8.53. The number of hydrogen-bond acceptors (Lipinski definition) is 3. The molecule has 0 saturated heterocycles. The van der Waals surface area contributed by atoms with Crippen molar-refractivity contribution in [2.24, 2.45) is 4.99 Å². The smallest absolute Gasteiger partial charge is 0.181 e. The third-order valence-corrected chi connectivity index (χ3v) is 1.25. The molecule has 0 fully saturated rings. The Morgan fingerprint density at radius 3 is 2.91 bits per heavy atom. The third-order valence-electron chi connectivity index (χ3n) is 1.25. The number of aromatic amines is 1. The van der Waals surface area contributed by atoms with Gasteiger partial charge in [0.15, 0.2) is 5.82 Å². The molecule has 0 aliphatic heterocycles. The average molecular weight is 146 g/mol. The molecule has 0 spiro atoms. The van der Waals surface area contributed by atoms with Gasteiger partial charge >= 0.3 is 0 Å². The van der Waals surface area contributed by atoms with Gasteiger partial charge in [0.05, 0.1) is 5.56 Å². The van der Waals surface area contributed by atoms with E-state index in [-0.39, 0.29) is 0 Å². The number of hydrogen-bond donors (Lipinski definition) is 1. The Labute approximate surface area is 63.9 Å². The largest absolute Gasteiger partial charge is 0.265 e. The molecular weight excluding hydrogens is 140 g/mol. The van der Waals surface area contributed by atoms with Gasteiger partial charge in [0.25, 0.3) is 0 Å². The highest BCUT2D eigenvalue weighted by Gasteiger charge is 2.06. The molecule has 1 aromatic heterocycles. The number of nitriles is 1. The summed E-state index contributed by atoms with van der Waals surface area (Å²) >= 11 is 0. The highest BCUT2D eigenvalue weighted by Crippen LogP contribution is 2.18. The van der Waals surface area contributed by atoms with Crippen molar-refractivity contribution in [3.63, 3.8) is 0 Å². The summed E-state index contributed by atoms with van der Waals surface area (Å²) in [6.45, 7) is 6.82. The Hall–Kier alpha value is -1.89. The fourth-order valence-corrected chi connectivity index (χ4v) is 0.740. The second kappa shape index (κ2) is 2.80. The summed E-state index contributed by atoms with van der Waals surface area (Å²) in [6.07, 6.45) is 1.52. The van der Waals surface area contributed by atoms with Crippen molar-refractivity contribution in [1.82, 2.24) is 10.2 Å². The van der Waals surface area contributed by atoms with E-state index in [1.165, 1.54) is 6.08 Å². The maximum atomic E-state index is 8.53. The van der Waals surface area contributed by atoms with E-state index >= 15 is 0 Å². The van der Waals surface area contributed by atoms with E-state index in [9.17, 15) is 0 Å². The molecular formula is C7H6N4. The summed E-state index contributed by atoms with van der Waals surface area (Å²) in [5.74, 6) is 0.413. The van der Waals surface area contributed by atoms with Crippen LogP contribution in [0.15, 0.2) is 11.6 Å². The lowest BCUT2D eigenvalue weighted by Crippen LogP contribution is -1.74. The molecule has 1 N–H and O–H groups in total. The van der Waals surface area contributed by atoms with Crippen molar-refractivity contribution in [1.29, 1.82) is 5.26 Å². The quantitative estimate of drug-likeness (QED) is 0.638. The van der Waals surface area contributed by atoms with E-state index in [4.69, 9.17) is 5.26 Å². The lowest BCUT2D eigenvalue weighted by atomic mass is 10.2. The lowest BCUT2D eigenvalue weighted by molar-refractivity contribution is 1.07. The van der Waals surface area contributed by atoms with Crippen molar-refractivity contribution < 1.29 is 0 Å². The van der Waals surface area contributed by atoms with Crippen LogP contribution in [0.25, 0.3) is 6.08 Å². The van der Waals surface area contributed by atoms with Crippen molar-refractivity contribution in [2.45, 2.75) is 0 Å². The second-order valence-corrected chi connectivity index (χ2v) is 1.81. The minimum absolute atomic E-state index is 0.363. The van der Waals surface area contributed by atoms with Crippen LogP contribution in [0, 0.1) is 11.3 Å². The van der Waals surface area contributed by atoms with Crippen LogP contribution >= 0.6 is 0 Å². The first kappa shape index (κ1) is 7.22. The molecule has 1 aromatic rings. The number of aliphatic imine (C=N–C) groups is 1. The molecule has 0 radical (unpaired) electrons. The van der Waals surface area contributed by atoms with E-state index in [1.807, 2.05) is 6.07 Å². The van der Waals surface area contributed by atoms with Gasteiger partial charge in [-0.15, -0.1) is 0 Å². The minimum atomic E-state index is 0.363. The van der Waals surface area contributed by atoms with E-state index in [0.29, 0.717) is 17.1 Å². The SMILES string of the molecule is C=Cc1c(N=C)n[nH]c1C#N. The zero-order chi connectivity index (χ0) is 8.27. The average Bonchev–Trinajstić information content (AvgIpc) is 2.45. The van der Waals surface area contributed by atoms with E-state index < -0.39 is 0 Å². The van der Waals surface area contributed by atoms with Gasteiger partial charge in [-0.3, -0.25) is 5.10 Å². The zero-order valence-corrected chi connectivity index (χ0v) is 5.83. The molecule has 4 nitrogen and oxygen atoms in total. The number of nitrogens with zero attached hydrogens (tertiary/aromatic N) is 3.